The molecule has 2 aliphatic rings. The molecule has 6 heteroatoms. The van der Waals surface area contributed by atoms with Gasteiger partial charge in [0.05, 0.1) is 19.1 Å². The quantitative estimate of drug-likeness (QED) is 0.890. The first kappa shape index (κ1) is 15.4. The molecule has 5 nitrogen and oxygen atoms in total. The highest BCUT2D eigenvalue weighted by Crippen LogP contribution is 2.43. The third kappa shape index (κ3) is 2.73. The lowest BCUT2D eigenvalue weighted by molar-refractivity contribution is -0.147. The van der Waals surface area contributed by atoms with Crippen molar-refractivity contribution in [3.63, 3.8) is 0 Å². The van der Waals surface area contributed by atoms with Crippen LogP contribution in [-0.2, 0) is 16.0 Å². The zero-order valence-corrected chi connectivity index (χ0v) is 13.5. The molecule has 22 heavy (non-hydrogen) atoms. The Bertz CT molecular complexity index is 572. The molecule has 0 aromatic heterocycles. The van der Waals surface area contributed by atoms with Crippen molar-refractivity contribution in [3.8, 4) is 0 Å². The molecule has 1 atom stereocenters. The van der Waals surface area contributed by atoms with Gasteiger partial charge in [-0.25, -0.2) is 0 Å². The normalized spacial score (nSPS) is 20.8. The molecule has 2 N–H and O–H groups in total. The molecule has 2 fully saturated rings. The standard InChI is InChI=1S/C16H21N3O2S/c1-12(20)18-10-16(11-18)19(7-8-22-16)15(21)14(17)9-13-5-3-2-4-6-13/h2-6,14H,7-11,17H2,1H3/t14-/m0/s1. The molecule has 0 unspecified atom stereocenters. The van der Waals surface area contributed by atoms with E-state index in [0.29, 0.717) is 19.5 Å². The fourth-order valence-electron chi connectivity index (χ4n) is 3.11. The summed E-state index contributed by atoms with van der Waals surface area (Å²) in [5.41, 5.74) is 7.21. The van der Waals surface area contributed by atoms with E-state index in [-0.39, 0.29) is 16.7 Å². The van der Waals surface area contributed by atoms with Crippen LogP contribution in [0.3, 0.4) is 0 Å². The lowest BCUT2D eigenvalue weighted by Crippen LogP contribution is -2.69. The Hall–Kier alpha value is -1.53. The van der Waals surface area contributed by atoms with Crippen molar-refractivity contribution >= 4 is 23.6 Å². The number of amides is 2. The van der Waals surface area contributed by atoms with Crippen molar-refractivity contribution in [2.24, 2.45) is 5.73 Å². The molecule has 1 aromatic carbocycles. The second kappa shape index (κ2) is 5.93. The highest BCUT2D eigenvalue weighted by Gasteiger charge is 2.54. The van der Waals surface area contributed by atoms with Gasteiger partial charge in [0.25, 0.3) is 0 Å². The van der Waals surface area contributed by atoms with E-state index >= 15 is 0 Å². The molecule has 1 spiro atoms. The number of nitrogens with zero attached hydrogens (tertiary/aromatic N) is 2. The van der Waals surface area contributed by atoms with Crippen LogP contribution in [0.2, 0.25) is 0 Å². The number of likely N-dealkylation sites (tertiary alicyclic amines) is 1. The van der Waals surface area contributed by atoms with E-state index in [4.69, 9.17) is 5.73 Å². The zero-order valence-electron chi connectivity index (χ0n) is 12.7. The summed E-state index contributed by atoms with van der Waals surface area (Å²) in [6.45, 7) is 3.53. The number of carbonyl (C=O) groups is 2. The third-order valence-electron chi connectivity index (χ3n) is 4.38. The van der Waals surface area contributed by atoms with E-state index in [1.807, 2.05) is 35.2 Å². The largest absolute Gasteiger partial charge is 0.336 e. The van der Waals surface area contributed by atoms with E-state index in [1.165, 1.54) is 0 Å². The Morgan fingerprint density at radius 1 is 1.32 bits per heavy atom. The van der Waals surface area contributed by atoms with Crippen LogP contribution in [-0.4, -0.2) is 57.9 Å². The Morgan fingerprint density at radius 3 is 2.64 bits per heavy atom. The predicted molar refractivity (Wildman–Crippen MR) is 87.3 cm³/mol. The molecule has 2 heterocycles. The van der Waals surface area contributed by atoms with Gasteiger partial charge in [0.1, 0.15) is 4.87 Å². The minimum atomic E-state index is -0.524. The number of rotatable bonds is 3. The Balaban J connectivity index is 1.65. The lowest BCUT2D eigenvalue weighted by Gasteiger charge is -2.51. The summed E-state index contributed by atoms with van der Waals surface area (Å²) >= 11 is 1.77. The average molecular weight is 319 g/mol. The van der Waals surface area contributed by atoms with Gasteiger partial charge in [-0.1, -0.05) is 30.3 Å². The summed E-state index contributed by atoms with van der Waals surface area (Å²) in [6, 6.07) is 9.31. The molecule has 118 valence electrons. The topological polar surface area (TPSA) is 66.6 Å². The first-order chi connectivity index (χ1) is 10.5. The van der Waals surface area contributed by atoms with Crippen molar-refractivity contribution in [2.45, 2.75) is 24.3 Å². The minimum absolute atomic E-state index is 0.00273. The summed E-state index contributed by atoms with van der Waals surface area (Å²) in [4.78, 5) is 27.6. The minimum Gasteiger partial charge on any atom is -0.336 e. The molecule has 1 aromatic rings. The molecule has 0 bridgehead atoms. The van der Waals surface area contributed by atoms with Gasteiger partial charge in [-0.2, -0.15) is 0 Å². The van der Waals surface area contributed by atoms with E-state index < -0.39 is 6.04 Å². The highest BCUT2D eigenvalue weighted by molar-refractivity contribution is 8.01. The number of nitrogens with two attached hydrogens (primary N) is 1. The van der Waals surface area contributed by atoms with Crippen molar-refractivity contribution in [1.82, 2.24) is 9.80 Å². The van der Waals surface area contributed by atoms with Gasteiger partial charge in [-0.15, -0.1) is 11.8 Å². The molecule has 2 amide bonds. The summed E-state index contributed by atoms with van der Waals surface area (Å²) < 4.78 is 0. The number of carbonyl (C=O) groups excluding carboxylic acids is 2. The van der Waals surface area contributed by atoms with Gasteiger partial charge >= 0.3 is 0 Å². The second-order valence-corrected chi connectivity index (χ2v) is 7.41. The van der Waals surface area contributed by atoms with Crippen LogP contribution < -0.4 is 5.73 Å². The van der Waals surface area contributed by atoms with Crippen LogP contribution >= 0.6 is 11.8 Å². The smallest absolute Gasteiger partial charge is 0.241 e. The van der Waals surface area contributed by atoms with E-state index in [1.54, 1.807) is 23.6 Å². The third-order valence-corrected chi connectivity index (χ3v) is 5.78. The molecule has 3 rings (SSSR count). The monoisotopic (exact) mass is 319 g/mol. The SMILES string of the molecule is CC(=O)N1CC2(C1)SCCN2C(=O)[C@@H](N)Cc1ccccc1. The molecular weight excluding hydrogens is 298 g/mol. The van der Waals surface area contributed by atoms with Crippen molar-refractivity contribution in [3.05, 3.63) is 35.9 Å². The maximum atomic E-state index is 12.7. The van der Waals surface area contributed by atoms with E-state index in [0.717, 1.165) is 17.9 Å². The average Bonchev–Trinajstić information content (AvgIpc) is 2.90. The highest BCUT2D eigenvalue weighted by atomic mass is 32.2. The van der Waals surface area contributed by atoms with Crippen LogP contribution in [0.4, 0.5) is 0 Å². The number of benzene rings is 1. The van der Waals surface area contributed by atoms with Crippen molar-refractivity contribution < 1.29 is 9.59 Å². The Labute approximate surface area is 134 Å². The summed E-state index contributed by atoms with van der Waals surface area (Å²) in [7, 11) is 0. The van der Waals surface area contributed by atoms with Crippen molar-refractivity contribution in [1.29, 1.82) is 0 Å². The van der Waals surface area contributed by atoms with E-state index in [2.05, 4.69) is 0 Å². The number of thioether (sulfide) groups is 1. The number of hydrogen-bond donors (Lipinski definition) is 1. The summed E-state index contributed by atoms with van der Waals surface area (Å²) in [5, 5.41) is 0. The maximum Gasteiger partial charge on any atom is 0.241 e. The van der Waals surface area contributed by atoms with Crippen LogP contribution in [0.1, 0.15) is 12.5 Å². The molecule has 0 saturated carbocycles. The molecule has 0 radical (unpaired) electrons. The Kier molecular flexibility index (Phi) is 4.14. The van der Waals surface area contributed by atoms with Crippen LogP contribution in [0.15, 0.2) is 30.3 Å². The van der Waals surface area contributed by atoms with Gasteiger partial charge in [0, 0.05) is 19.2 Å². The fourth-order valence-corrected chi connectivity index (χ4v) is 4.60. The van der Waals surface area contributed by atoms with Crippen LogP contribution in [0.5, 0.6) is 0 Å². The zero-order chi connectivity index (χ0) is 15.7. The molecule has 2 saturated heterocycles. The summed E-state index contributed by atoms with van der Waals surface area (Å²) in [6.07, 6.45) is 0.549. The van der Waals surface area contributed by atoms with Gasteiger partial charge < -0.3 is 15.5 Å². The first-order valence-corrected chi connectivity index (χ1v) is 8.51. The van der Waals surface area contributed by atoms with Crippen molar-refractivity contribution in [2.75, 3.05) is 25.4 Å². The van der Waals surface area contributed by atoms with Gasteiger partial charge in [0.15, 0.2) is 0 Å². The number of hydrogen-bond acceptors (Lipinski definition) is 4. The fraction of sp³-hybridized carbons (Fsp3) is 0.500. The maximum absolute atomic E-state index is 12.7. The van der Waals surface area contributed by atoms with Crippen LogP contribution in [0.25, 0.3) is 0 Å². The van der Waals surface area contributed by atoms with Gasteiger partial charge in [-0.3, -0.25) is 9.59 Å². The lowest BCUT2D eigenvalue weighted by atomic mass is 10.0. The second-order valence-electron chi connectivity index (χ2n) is 5.96. The molecular formula is C16H21N3O2S. The summed E-state index contributed by atoms with van der Waals surface area (Å²) in [5.74, 6) is 0.978. The molecule has 2 aliphatic heterocycles. The van der Waals surface area contributed by atoms with Crippen LogP contribution in [0, 0.1) is 0 Å². The first-order valence-electron chi connectivity index (χ1n) is 7.52. The van der Waals surface area contributed by atoms with Gasteiger partial charge in [0.2, 0.25) is 11.8 Å². The van der Waals surface area contributed by atoms with E-state index in [9.17, 15) is 9.59 Å². The molecule has 0 aliphatic carbocycles. The van der Waals surface area contributed by atoms with Gasteiger partial charge in [-0.05, 0) is 12.0 Å². The predicted octanol–water partition coefficient (Wildman–Crippen LogP) is 0.690. The Morgan fingerprint density at radius 2 is 2.00 bits per heavy atom.